The normalized spacial score (nSPS) is 34.6. The lowest BCUT2D eigenvalue weighted by Gasteiger charge is -2.39. The van der Waals surface area contributed by atoms with Crippen LogP contribution in [-0.4, -0.2) is 36.6 Å². The van der Waals surface area contributed by atoms with Crippen molar-refractivity contribution in [1.29, 1.82) is 0 Å². The number of hydrogen-bond acceptors (Lipinski definition) is 2. The molecule has 0 amide bonds. The lowest BCUT2D eigenvalue weighted by molar-refractivity contribution is 0.136. The van der Waals surface area contributed by atoms with Gasteiger partial charge in [0.2, 0.25) is 0 Å². The second kappa shape index (κ2) is 6.79. The summed E-state index contributed by atoms with van der Waals surface area (Å²) in [5, 5.41) is 3.85. The fourth-order valence-corrected chi connectivity index (χ4v) is 4.04. The van der Waals surface area contributed by atoms with Crippen molar-refractivity contribution in [1.82, 2.24) is 10.2 Å². The molecule has 0 heterocycles. The molecule has 0 saturated heterocycles. The first-order valence-electron chi connectivity index (χ1n) is 9.23. The number of nitrogens with one attached hydrogen (secondary N) is 1. The van der Waals surface area contributed by atoms with E-state index in [2.05, 4.69) is 24.1 Å². The van der Waals surface area contributed by atoms with Gasteiger partial charge in [-0.15, -0.1) is 0 Å². The van der Waals surface area contributed by atoms with Crippen LogP contribution >= 0.6 is 0 Å². The molecule has 116 valence electrons. The predicted molar refractivity (Wildman–Crippen MR) is 85.9 cm³/mol. The lowest BCUT2D eigenvalue weighted by atomic mass is 9.78. The van der Waals surface area contributed by atoms with E-state index in [9.17, 15) is 0 Å². The van der Waals surface area contributed by atoms with E-state index in [1.54, 1.807) is 0 Å². The van der Waals surface area contributed by atoms with Crippen LogP contribution in [0, 0.1) is 17.8 Å². The maximum Gasteiger partial charge on any atom is 0.0108 e. The van der Waals surface area contributed by atoms with Gasteiger partial charge in [-0.3, -0.25) is 4.90 Å². The van der Waals surface area contributed by atoms with E-state index in [1.807, 2.05) is 0 Å². The highest BCUT2D eigenvalue weighted by atomic mass is 15.2. The zero-order valence-electron chi connectivity index (χ0n) is 13.6. The second-order valence-electron chi connectivity index (χ2n) is 7.87. The molecular weight excluding hydrogens is 244 g/mol. The van der Waals surface area contributed by atoms with E-state index in [0.717, 1.165) is 29.8 Å². The minimum absolute atomic E-state index is 0.798. The molecule has 2 heteroatoms. The lowest BCUT2D eigenvalue weighted by Crippen LogP contribution is -2.46. The number of nitrogens with zero attached hydrogens (tertiary/aromatic N) is 1. The SMILES string of the molecule is CCCNC1CCC(C)CC1CN(CC1CC1)C1CC1. The summed E-state index contributed by atoms with van der Waals surface area (Å²) >= 11 is 0. The molecule has 3 aliphatic carbocycles. The Morgan fingerprint density at radius 3 is 2.45 bits per heavy atom. The fraction of sp³-hybridized carbons (Fsp3) is 1.00. The van der Waals surface area contributed by atoms with E-state index >= 15 is 0 Å². The molecule has 0 radical (unpaired) electrons. The fourth-order valence-electron chi connectivity index (χ4n) is 4.04. The van der Waals surface area contributed by atoms with E-state index in [-0.39, 0.29) is 0 Å². The van der Waals surface area contributed by atoms with Crippen molar-refractivity contribution in [2.45, 2.75) is 77.3 Å². The summed E-state index contributed by atoms with van der Waals surface area (Å²) in [6.07, 6.45) is 11.5. The molecule has 3 fully saturated rings. The van der Waals surface area contributed by atoms with Crippen LogP contribution in [0.25, 0.3) is 0 Å². The van der Waals surface area contributed by atoms with Gasteiger partial charge in [0.15, 0.2) is 0 Å². The molecule has 0 aromatic rings. The molecule has 20 heavy (non-hydrogen) atoms. The zero-order chi connectivity index (χ0) is 13.9. The molecule has 0 bridgehead atoms. The van der Waals surface area contributed by atoms with Gasteiger partial charge in [0.25, 0.3) is 0 Å². The Morgan fingerprint density at radius 2 is 1.80 bits per heavy atom. The molecule has 3 atom stereocenters. The van der Waals surface area contributed by atoms with Gasteiger partial charge in [-0.1, -0.05) is 13.8 Å². The Hall–Kier alpha value is -0.0800. The summed E-state index contributed by atoms with van der Waals surface area (Å²) in [6.45, 7) is 8.76. The van der Waals surface area contributed by atoms with Gasteiger partial charge in [0.1, 0.15) is 0 Å². The van der Waals surface area contributed by atoms with Crippen molar-refractivity contribution >= 4 is 0 Å². The summed E-state index contributed by atoms with van der Waals surface area (Å²) in [7, 11) is 0. The van der Waals surface area contributed by atoms with Gasteiger partial charge < -0.3 is 5.32 Å². The summed E-state index contributed by atoms with van der Waals surface area (Å²) in [4.78, 5) is 2.88. The minimum atomic E-state index is 0.798. The van der Waals surface area contributed by atoms with Crippen LogP contribution in [-0.2, 0) is 0 Å². The maximum absolute atomic E-state index is 3.85. The first-order valence-corrected chi connectivity index (χ1v) is 9.23. The zero-order valence-corrected chi connectivity index (χ0v) is 13.6. The maximum atomic E-state index is 3.85. The van der Waals surface area contributed by atoms with Gasteiger partial charge >= 0.3 is 0 Å². The average molecular weight is 278 g/mol. The highest BCUT2D eigenvalue weighted by molar-refractivity contribution is 4.92. The molecule has 3 saturated carbocycles. The highest BCUT2D eigenvalue weighted by Gasteiger charge is 2.37. The molecule has 2 nitrogen and oxygen atoms in total. The van der Waals surface area contributed by atoms with Crippen molar-refractivity contribution < 1.29 is 0 Å². The Morgan fingerprint density at radius 1 is 1.00 bits per heavy atom. The third-order valence-electron chi connectivity index (χ3n) is 5.62. The van der Waals surface area contributed by atoms with Crippen LogP contribution in [0.3, 0.4) is 0 Å². The second-order valence-corrected chi connectivity index (χ2v) is 7.87. The van der Waals surface area contributed by atoms with Gasteiger partial charge in [-0.05, 0) is 75.7 Å². The van der Waals surface area contributed by atoms with Gasteiger partial charge in [-0.25, -0.2) is 0 Å². The summed E-state index contributed by atoms with van der Waals surface area (Å²) in [5.41, 5.74) is 0. The molecule has 0 aromatic carbocycles. The number of rotatable bonds is 8. The smallest absolute Gasteiger partial charge is 0.0108 e. The van der Waals surface area contributed by atoms with E-state index < -0.39 is 0 Å². The summed E-state index contributed by atoms with van der Waals surface area (Å²) in [6, 6.07) is 1.76. The third-order valence-corrected chi connectivity index (χ3v) is 5.62. The molecule has 0 aromatic heterocycles. The van der Waals surface area contributed by atoms with Crippen molar-refractivity contribution in [3.05, 3.63) is 0 Å². The minimum Gasteiger partial charge on any atom is -0.314 e. The van der Waals surface area contributed by atoms with Crippen molar-refractivity contribution in [2.75, 3.05) is 19.6 Å². The van der Waals surface area contributed by atoms with Crippen LogP contribution in [0.5, 0.6) is 0 Å². The Kier molecular flexibility index (Phi) is 5.04. The van der Waals surface area contributed by atoms with Gasteiger partial charge in [-0.2, -0.15) is 0 Å². The molecule has 0 spiro atoms. The Bertz CT molecular complexity index is 294. The summed E-state index contributed by atoms with van der Waals surface area (Å²) < 4.78 is 0. The van der Waals surface area contributed by atoms with Crippen molar-refractivity contribution in [2.24, 2.45) is 17.8 Å². The van der Waals surface area contributed by atoms with E-state index in [0.29, 0.717) is 0 Å². The van der Waals surface area contributed by atoms with Crippen LogP contribution in [0.4, 0.5) is 0 Å². The first kappa shape index (κ1) is 14.8. The molecule has 3 unspecified atom stereocenters. The van der Waals surface area contributed by atoms with Crippen LogP contribution in [0.15, 0.2) is 0 Å². The van der Waals surface area contributed by atoms with Crippen LogP contribution < -0.4 is 5.32 Å². The Labute approximate surface area is 125 Å². The molecule has 0 aliphatic heterocycles. The predicted octanol–water partition coefficient (Wildman–Crippen LogP) is 3.67. The van der Waals surface area contributed by atoms with Crippen molar-refractivity contribution in [3.63, 3.8) is 0 Å². The topological polar surface area (TPSA) is 15.3 Å². The van der Waals surface area contributed by atoms with Crippen LogP contribution in [0.2, 0.25) is 0 Å². The molecular formula is C18H34N2. The highest BCUT2D eigenvalue weighted by Crippen LogP contribution is 2.37. The van der Waals surface area contributed by atoms with Crippen LogP contribution in [0.1, 0.15) is 65.2 Å². The standard InChI is InChI=1S/C18H34N2/c1-3-10-19-18-9-4-14(2)11-16(18)13-20(17-7-8-17)12-15-5-6-15/h14-19H,3-13H2,1-2H3. The molecule has 3 aliphatic rings. The first-order chi connectivity index (χ1) is 9.76. The van der Waals surface area contributed by atoms with E-state index in [1.165, 1.54) is 71.0 Å². The van der Waals surface area contributed by atoms with Gasteiger partial charge in [0, 0.05) is 25.2 Å². The largest absolute Gasteiger partial charge is 0.314 e. The summed E-state index contributed by atoms with van der Waals surface area (Å²) in [5.74, 6) is 2.91. The number of hydrogen-bond donors (Lipinski definition) is 1. The quantitative estimate of drug-likeness (QED) is 0.729. The monoisotopic (exact) mass is 278 g/mol. The Balaban J connectivity index is 1.55. The van der Waals surface area contributed by atoms with Gasteiger partial charge in [0.05, 0.1) is 0 Å². The average Bonchev–Trinajstić information content (AvgIpc) is 3.29. The third kappa shape index (κ3) is 4.21. The molecule has 1 N–H and O–H groups in total. The van der Waals surface area contributed by atoms with E-state index in [4.69, 9.17) is 0 Å². The van der Waals surface area contributed by atoms with Crippen molar-refractivity contribution in [3.8, 4) is 0 Å². The molecule has 3 rings (SSSR count).